The van der Waals surface area contributed by atoms with Crippen molar-refractivity contribution in [2.45, 2.75) is 33.1 Å². The number of esters is 1. The molecule has 0 saturated carbocycles. The molecule has 0 aliphatic heterocycles. The van der Waals surface area contributed by atoms with Gasteiger partial charge in [0.1, 0.15) is 28.9 Å². The summed E-state index contributed by atoms with van der Waals surface area (Å²) in [6, 6.07) is 46.6. The first-order valence-corrected chi connectivity index (χ1v) is 15.9. The maximum atomic E-state index is 13.6. The van der Waals surface area contributed by atoms with E-state index in [1.165, 1.54) is 27.0 Å². The molecular weight excluding hydrogens is 507 g/mol. The molecule has 0 aliphatic rings. The molecule has 200 valence electrons. The predicted molar refractivity (Wildman–Crippen MR) is 171 cm³/mol. The average molecular weight is 544 g/mol. The number of hydrogen-bond donors (Lipinski definition) is 0. The van der Waals surface area contributed by atoms with Crippen molar-refractivity contribution in [1.29, 1.82) is 0 Å². The monoisotopic (exact) mass is 543 g/mol. The van der Waals surface area contributed by atoms with Gasteiger partial charge in [0.05, 0.1) is 12.6 Å². The normalized spacial score (nSPS) is 11.4. The molecule has 0 radical (unpaired) electrons. The molecule has 3 heteroatoms. The van der Waals surface area contributed by atoms with E-state index in [4.69, 9.17) is 4.74 Å². The van der Waals surface area contributed by atoms with Crippen LogP contribution in [0.2, 0.25) is 0 Å². The van der Waals surface area contributed by atoms with E-state index >= 15 is 0 Å². The van der Waals surface area contributed by atoms with Crippen molar-refractivity contribution < 1.29 is 9.53 Å². The number of hydrogen-bond acceptors (Lipinski definition) is 2. The van der Waals surface area contributed by atoms with E-state index in [1.54, 1.807) is 0 Å². The number of carbonyl (C=O) groups is 1. The zero-order valence-electron chi connectivity index (χ0n) is 23.5. The second-order valence-corrected chi connectivity index (χ2v) is 14.1. The Morgan fingerprint density at radius 1 is 0.675 bits per heavy atom. The summed E-state index contributed by atoms with van der Waals surface area (Å²) in [5, 5.41) is 3.81. The molecule has 0 bridgehead atoms. The van der Waals surface area contributed by atoms with Gasteiger partial charge in [0.2, 0.25) is 0 Å². The second-order valence-electron chi connectivity index (χ2n) is 10.5. The number of ether oxygens (including phenoxy) is 1. The van der Waals surface area contributed by atoms with Gasteiger partial charge in [-0.2, -0.15) is 0 Å². The fraction of sp³-hybridized carbons (Fsp3) is 0.162. The van der Waals surface area contributed by atoms with Crippen LogP contribution < -0.4 is 20.7 Å². The van der Waals surface area contributed by atoms with Crippen LogP contribution in [-0.4, -0.2) is 12.1 Å². The molecule has 0 N–H and O–H groups in total. The van der Waals surface area contributed by atoms with Gasteiger partial charge in [0, 0.05) is 0 Å². The van der Waals surface area contributed by atoms with Crippen molar-refractivity contribution in [2.75, 3.05) is 6.16 Å². The quantitative estimate of drug-likeness (QED) is 0.107. The third-order valence-corrected chi connectivity index (χ3v) is 12.0. The fourth-order valence-corrected chi connectivity index (χ4v) is 9.71. The van der Waals surface area contributed by atoms with Crippen molar-refractivity contribution in [3.63, 3.8) is 0 Å². The molecule has 2 nitrogen and oxygen atoms in total. The first kappa shape index (κ1) is 27.6. The van der Waals surface area contributed by atoms with Crippen molar-refractivity contribution in [3.8, 4) is 16.9 Å². The topological polar surface area (TPSA) is 26.3 Å². The van der Waals surface area contributed by atoms with Gasteiger partial charge in [-0.25, -0.2) is 0 Å². The smallest absolute Gasteiger partial charge is 0.314 e. The van der Waals surface area contributed by atoms with Gasteiger partial charge < -0.3 is 4.74 Å². The summed E-state index contributed by atoms with van der Waals surface area (Å²) in [4.78, 5) is 13.6. The highest BCUT2D eigenvalue weighted by Crippen LogP contribution is 2.55. The highest BCUT2D eigenvalue weighted by molar-refractivity contribution is 7.95. The van der Waals surface area contributed by atoms with Gasteiger partial charge in [0.25, 0.3) is 0 Å². The van der Waals surface area contributed by atoms with E-state index in [0.717, 1.165) is 11.1 Å². The van der Waals surface area contributed by atoms with Crippen LogP contribution in [0.5, 0.6) is 5.75 Å². The lowest BCUT2D eigenvalue weighted by atomic mass is 9.93. The Kier molecular flexibility index (Phi) is 8.58. The van der Waals surface area contributed by atoms with Gasteiger partial charge in [-0.3, -0.25) is 4.79 Å². The molecule has 0 aliphatic carbocycles. The zero-order valence-corrected chi connectivity index (χ0v) is 24.4. The predicted octanol–water partition coefficient (Wildman–Crippen LogP) is 8.08. The molecule has 0 amide bonds. The number of aryl methyl sites for hydroxylation is 1. The van der Waals surface area contributed by atoms with E-state index in [2.05, 4.69) is 142 Å². The third kappa shape index (κ3) is 5.79. The third-order valence-electron chi connectivity index (χ3n) is 7.53. The summed E-state index contributed by atoms with van der Waals surface area (Å²) in [6.45, 7) is 6.38. The maximum Gasteiger partial charge on any atom is 0.314 e. The molecule has 0 spiro atoms. The zero-order chi connectivity index (χ0) is 28.0. The Morgan fingerprint density at radius 3 is 1.57 bits per heavy atom. The molecule has 5 aromatic carbocycles. The molecule has 0 fully saturated rings. The summed E-state index contributed by atoms with van der Waals surface area (Å²) in [6.07, 6.45) is 1.02. The minimum absolute atomic E-state index is 0.194. The lowest BCUT2D eigenvalue weighted by molar-refractivity contribution is -0.133. The van der Waals surface area contributed by atoms with Crippen LogP contribution in [0.1, 0.15) is 37.3 Å². The van der Waals surface area contributed by atoms with Crippen LogP contribution in [0.3, 0.4) is 0 Å². The Morgan fingerprint density at radius 2 is 1.12 bits per heavy atom. The van der Waals surface area contributed by atoms with Crippen LogP contribution in [0, 0.1) is 6.92 Å². The maximum absolute atomic E-state index is 13.6. The first-order valence-electron chi connectivity index (χ1n) is 13.9. The molecule has 5 aromatic rings. The summed E-state index contributed by atoms with van der Waals surface area (Å²) in [5.41, 5.74) is 4.49. The Bertz CT molecular complexity index is 1450. The van der Waals surface area contributed by atoms with Gasteiger partial charge in [-0.05, 0) is 83.6 Å². The minimum atomic E-state index is -2.10. The van der Waals surface area contributed by atoms with E-state index in [9.17, 15) is 4.79 Å². The second kappa shape index (κ2) is 12.5. The van der Waals surface area contributed by atoms with Crippen molar-refractivity contribution in [2.24, 2.45) is 0 Å². The number of benzene rings is 5. The molecule has 0 saturated heterocycles. The summed E-state index contributed by atoms with van der Waals surface area (Å²) in [5.74, 6) is 0.691. The molecule has 5 rings (SSSR count). The summed E-state index contributed by atoms with van der Waals surface area (Å²) >= 11 is 0. The van der Waals surface area contributed by atoms with Crippen LogP contribution in [-0.2, 0) is 4.79 Å². The highest BCUT2D eigenvalue weighted by atomic mass is 31.2. The molecule has 0 heterocycles. The SMILES string of the molecule is Cc1cc(OC(=O)CC[P+](c2ccccc2)(c2ccccc2)c2ccccc2)c(C(C)C)cc1-c1ccccc1. The van der Waals surface area contributed by atoms with Crippen LogP contribution in [0.15, 0.2) is 133 Å². The average Bonchev–Trinajstić information content (AvgIpc) is 2.99. The van der Waals surface area contributed by atoms with Gasteiger partial charge in [0.15, 0.2) is 0 Å². The van der Waals surface area contributed by atoms with E-state index < -0.39 is 7.26 Å². The summed E-state index contributed by atoms with van der Waals surface area (Å²) < 4.78 is 6.16. The Hall–Kier alpha value is -4.00. The molecule has 40 heavy (non-hydrogen) atoms. The summed E-state index contributed by atoms with van der Waals surface area (Å²) in [7, 11) is -2.10. The Balaban J connectivity index is 1.49. The van der Waals surface area contributed by atoms with E-state index in [0.29, 0.717) is 18.3 Å². The minimum Gasteiger partial charge on any atom is -0.426 e. The molecular formula is C37H36O2P+. The number of carbonyl (C=O) groups excluding carboxylic acids is 1. The van der Waals surface area contributed by atoms with Crippen molar-refractivity contribution >= 4 is 29.1 Å². The first-order chi connectivity index (χ1) is 19.5. The molecule has 0 atom stereocenters. The van der Waals surface area contributed by atoms with Crippen LogP contribution in [0.25, 0.3) is 11.1 Å². The lowest BCUT2D eigenvalue weighted by Crippen LogP contribution is -2.34. The van der Waals surface area contributed by atoms with Crippen molar-refractivity contribution in [3.05, 3.63) is 145 Å². The van der Waals surface area contributed by atoms with Crippen LogP contribution in [0.4, 0.5) is 0 Å². The standard InChI is InChI=1S/C37H36O2P/c1-28(2)34-27-35(30-16-8-4-9-17-30)29(3)26-36(34)39-37(38)24-25-40(31-18-10-5-11-19-31,32-20-12-6-13-21-32)33-22-14-7-15-23-33/h4-23,26-28H,24-25H2,1-3H3/q+1. The largest absolute Gasteiger partial charge is 0.426 e. The Labute approximate surface area is 239 Å². The van der Waals surface area contributed by atoms with Crippen LogP contribution >= 0.6 is 7.26 Å². The van der Waals surface area contributed by atoms with Gasteiger partial charge in [-0.15, -0.1) is 0 Å². The highest BCUT2D eigenvalue weighted by Gasteiger charge is 2.45. The van der Waals surface area contributed by atoms with Crippen molar-refractivity contribution in [1.82, 2.24) is 0 Å². The van der Waals surface area contributed by atoms with E-state index in [-0.39, 0.29) is 11.9 Å². The van der Waals surface area contributed by atoms with Gasteiger partial charge >= 0.3 is 5.97 Å². The fourth-order valence-electron chi connectivity index (χ4n) is 5.48. The molecule has 0 unspecified atom stereocenters. The lowest BCUT2D eigenvalue weighted by Gasteiger charge is -2.27. The molecule has 0 aromatic heterocycles. The van der Waals surface area contributed by atoms with Gasteiger partial charge in [-0.1, -0.05) is 98.8 Å². The number of rotatable bonds is 9. The van der Waals surface area contributed by atoms with E-state index in [1.807, 2.05) is 12.1 Å².